The van der Waals surface area contributed by atoms with E-state index in [0.29, 0.717) is 32.1 Å². The lowest BCUT2D eigenvalue weighted by Gasteiger charge is -2.34. The maximum absolute atomic E-state index is 13.4. The van der Waals surface area contributed by atoms with Gasteiger partial charge in [-0.3, -0.25) is 9.59 Å². The molecule has 10 nitrogen and oxygen atoms in total. The SMILES string of the molecule is CC(COCCC(=O)N1CCN(c2ncc(C(C)(F)F)cn2)CC1)n1cc(C(F)(F)F)c2c(=O)[nH]ncc21. The highest BCUT2D eigenvalue weighted by Gasteiger charge is 2.36. The molecule has 1 N–H and O–H groups in total. The quantitative estimate of drug-likeness (QED) is 0.344. The number of alkyl halides is 5. The molecule has 1 amide bonds. The maximum Gasteiger partial charge on any atom is 0.418 e. The van der Waals surface area contributed by atoms with Crippen molar-refractivity contribution in [1.29, 1.82) is 0 Å². The van der Waals surface area contributed by atoms with Crippen LogP contribution in [0.4, 0.5) is 27.9 Å². The molecule has 15 heteroatoms. The highest BCUT2D eigenvalue weighted by atomic mass is 19.4. The van der Waals surface area contributed by atoms with Gasteiger partial charge in [0, 0.05) is 51.7 Å². The minimum atomic E-state index is -4.71. The van der Waals surface area contributed by atoms with Crippen molar-refractivity contribution in [3.63, 3.8) is 0 Å². The van der Waals surface area contributed by atoms with Gasteiger partial charge in [0.25, 0.3) is 11.5 Å². The molecule has 4 rings (SSSR count). The Morgan fingerprint density at radius 1 is 1.11 bits per heavy atom. The molecule has 1 unspecified atom stereocenters. The third-order valence-electron chi connectivity index (χ3n) is 6.31. The zero-order valence-electron chi connectivity index (χ0n) is 20.6. The summed E-state index contributed by atoms with van der Waals surface area (Å²) in [5.41, 5.74) is -2.23. The number of aromatic amines is 1. The van der Waals surface area contributed by atoms with Crippen LogP contribution in [0, 0.1) is 0 Å². The van der Waals surface area contributed by atoms with Crippen molar-refractivity contribution in [2.24, 2.45) is 0 Å². The summed E-state index contributed by atoms with van der Waals surface area (Å²) in [7, 11) is 0. The Labute approximate surface area is 213 Å². The van der Waals surface area contributed by atoms with Gasteiger partial charge in [-0.2, -0.15) is 18.3 Å². The summed E-state index contributed by atoms with van der Waals surface area (Å²) in [6, 6.07) is -0.560. The van der Waals surface area contributed by atoms with E-state index < -0.39 is 34.6 Å². The fourth-order valence-corrected chi connectivity index (χ4v) is 4.22. The summed E-state index contributed by atoms with van der Waals surface area (Å²) >= 11 is 0. The number of ether oxygens (including phenoxy) is 1. The lowest BCUT2D eigenvalue weighted by molar-refractivity contribution is -0.136. The number of hydrogen-bond acceptors (Lipinski definition) is 7. The molecule has 1 fully saturated rings. The molecule has 38 heavy (non-hydrogen) atoms. The number of H-pyrrole nitrogens is 1. The summed E-state index contributed by atoms with van der Waals surface area (Å²) < 4.78 is 73.8. The van der Waals surface area contributed by atoms with Crippen LogP contribution in [0.25, 0.3) is 10.9 Å². The summed E-state index contributed by atoms with van der Waals surface area (Å²) in [4.78, 5) is 36.0. The molecule has 0 spiro atoms. The monoisotopic (exact) mass is 543 g/mol. The van der Waals surface area contributed by atoms with E-state index in [1.165, 1.54) is 4.57 Å². The van der Waals surface area contributed by atoms with Crippen LogP contribution in [-0.2, 0) is 21.6 Å². The van der Waals surface area contributed by atoms with Crippen molar-refractivity contribution >= 4 is 22.8 Å². The second kappa shape index (κ2) is 10.6. The number of fused-ring (bicyclic) bond motifs is 1. The van der Waals surface area contributed by atoms with Crippen LogP contribution in [0.15, 0.2) is 29.6 Å². The zero-order valence-corrected chi connectivity index (χ0v) is 20.6. The molecule has 0 bridgehead atoms. The maximum atomic E-state index is 13.4. The number of amides is 1. The van der Waals surface area contributed by atoms with Crippen molar-refractivity contribution in [1.82, 2.24) is 29.6 Å². The molecule has 0 aliphatic carbocycles. The van der Waals surface area contributed by atoms with E-state index in [2.05, 4.69) is 15.1 Å². The number of aromatic nitrogens is 5. The molecule has 3 aromatic rings. The number of nitrogens with one attached hydrogen (secondary N) is 1. The van der Waals surface area contributed by atoms with Crippen LogP contribution in [0.5, 0.6) is 0 Å². The smallest absolute Gasteiger partial charge is 0.379 e. The molecular weight excluding hydrogens is 517 g/mol. The van der Waals surface area contributed by atoms with Gasteiger partial charge >= 0.3 is 6.18 Å². The molecule has 1 atom stereocenters. The van der Waals surface area contributed by atoms with Gasteiger partial charge in [0.1, 0.15) is 0 Å². The van der Waals surface area contributed by atoms with Crippen LogP contribution in [0.1, 0.15) is 37.4 Å². The average Bonchev–Trinajstić information content (AvgIpc) is 3.28. The number of carbonyl (C=O) groups excluding carboxylic acids is 1. The summed E-state index contributed by atoms with van der Waals surface area (Å²) in [5, 5.41) is 5.14. The number of halogens is 5. The topological polar surface area (TPSA) is 109 Å². The van der Waals surface area contributed by atoms with E-state index in [0.717, 1.165) is 31.7 Å². The Hall–Kier alpha value is -3.62. The standard InChI is InChI=1S/C23H26F5N7O3/c1-14(35-12-16(23(26,27)28)19-17(35)11-31-32-20(19)37)13-38-8-3-18(36)33-4-6-34(7-5-33)21-29-9-15(10-30-21)22(2,24)25/h9-12,14H,3-8,13H2,1-2H3,(H,32,37). The van der Waals surface area contributed by atoms with Gasteiger partial charge < -0.3 is 19.1 Å². The van der Waals surface area contributed by atoms with Crippen LogP contribution in [0.3, 0.4) is 0 Å². The van der Waals surface area contributed by atoms with Gasteiger partial charge in [0.05, 0.1) is 53.9 Å². The second-order valence-corrected chi connectivity index (χ2v) is 9.11. The fraction of sp³-hybridized carbons (Fsp3) is 0.522. The largest absolute Gasteiger partial charge is 0.418 e. The van der Waals surface area contributed by atoms with Gasteiger partial charge in [-0.1, -0.05) is 0 Å². The van der Waals surface area contributed by atoms with E-state index in [9.17, 15) is 31.5 Å². The minimum Gasteiger partial charge on any atom is -0.379 e. The van der Waals surface area contributed by atoms with Gasteiger partial charge in [0.15, 0.2) is 0 Å². The fourth-order valence-electron chi connectivity index (χ4n) is 4.22. The predicted molar refractivity (Wildman–Crippen MR) is 126 cm³/mol. The van der Waals surface area contributed by atoms with Crippen LogP contribution in [-0.4, -0.2) is 74.9 Å². The van der Waals surface area contributed by atoms with Crippen molar-refractivity contribution in [2.45, 2.75) is 38.4 Å². The number of piperazine rings is 1. The highest BCUT2D eigenvalue weighted by Crippen LogP contribution is 2.35. The van der Waals surface area contributed by atoms with Gasteiger partial charge in [-0.15, -0.1) is 0 Å². The molecule has 3 aromatic heterocycles. The normalized spacial score (nSPS) is 15.8. The van der Waals surface area contributed by atoms with Crippen LogP contribution in [0.2, 0.25) is 0 Å². The Balaban J connectivity index is 1.26. The molecule has 206 valence electrons. The third-order valence-corrected chi connectivity index (χ3v) is 6.31. The Morgan fingerprint density at radius 3 is 2.37 bits per heavy atom. The summed E-state index contributed by atoms with van der Waals surface area (Å²) in [6.45, 7) is 4.12. The first kappa shape index (κ1) is 27.4. The van der Waals surface area contributed by atoms with Crippen molar-refractivity contribution in [3.8, 4) is 0 Å². The molecule has 1 aliphatic rings. The van der Waals surface area contributed by atoms with E-state index in [4.69, 9.17) is 4.74 Å². The van der Waals surface area contributed by atoms with Crippen molar-refractivity contribution in [2.75, 3.05) is 44.3 Å². The minimum absolute atomic E-state index is 0.0130. The Kier molecular flexibility index (Phi) is 7.67. The number of hydrogen-bond donors (Lipinski definition) is 1. The molecule has 1 aliphatic heterocycles. The summed E-state index contributed by atoms with van der Waals surface area (Å²) in [6.07, 6.45) is -0.435. The number of carbonyl (C=O) groups is 1. The van der Waals surface area contributed by atoms with E-state index >= 15 is 0 Å². The first-order valence-corrected chi connectivity index (χ1v) is 11.8. The molecule has 4 heterocycles. The van der Waals surface area contributed by atoms with Crippen molar-refractivity contribution in [3.05, 3.63) is 46.3 Å². The van der Waals surface area contributed by atoms with E-state index in [-0.39, 0.29) is 36.6 Å². The lowest BCUT2D eigenvalue weighted by Crippen LogP contribution is -2.49. The van der Waals surface area contributed by atoms with Crippen LogP contribution < -0.4 is 10.5 Å². The third kappa shape index (κ3) is 5.92. The first-order valence-electron chi connectivity index (χ1n) is 11.8. The molecule has 0 radical (unpaired) electrons. The van der Waals surface area contributed by atoms with Crippen LogP contribution >= 0.6 is 0 Å². The zero-order chi connectivity index (χ0) is 27.7. The van der Waals surface area contributed by atoms with Crippen molar-refractivity contribution < 1.29 is 31.5 Å². The number of rotatable bonds is 8. The second-order valence-electron chi connectivity index (χ2n) is 9.11. The lowest BCUT2D eigenvalue weighted by atomic mass is 10.2. The number of nitrogens with zero attached hydrogens (tertiary/aromatic N) is 6. The van der Waals surface area contributed by atoms with E-state index in [1.54, 1.807) is 16.7 Å². The molecule has 0 saturated carbocycles. The Bertz CT molecular complexity index is 1330. The first-order chi connectivity index (χ1) is 17.9. The average molecular weight is 543 g/mol. The molecular formula is C23H26F5N7O3. The number of anilines is 1. The highest BCUT2D eigenvalue weighted by molar-refractivity contribution is 5.83. The van der Waals surface area contributed by atoms with Gasteiger partial charge in [0.2, 0.25) is 11.9 Å². The molecule has 0 aromatic carbocycles. The van der Waals surface area contributed by atoms with E-state index in [1.807, 2.05) is 5.10 Å². The van der Waals surface area contributed by atoms with Gasteiger partial charge in [-0.05, 0) is 6.92 Å². The summed E-state index contributed by atoms with van der Waals surface area (Å²) in [5.74, 6) is -2.87. The molecule has 1 saturated heterocycles. The Morgan fingerprint density at radius 2 is 1.76 bits per heavy atom. The predicted octanol–water partition coefficient (Wildman–Crippen LogP) is 2.96. The van der Waals surface area contributed by atoms with Gasteiger partial charge in [-0.25, -0.2) is 23.8 Å².